The number of aromatic nitrogens is 1. The van der Waals surface area contributed by atoms with Crippen molar-refractivity contribution in [2.45, 2.75) is 25.9 Å². The monoisotopic (exact) mass is 383 g/mol. The molecule has 0 amide bonds. The number of thiophene rings is 1. The molecule has 1 fully saturated rings. The highest BCUT2D eigenvalue weighted by molar-refractivity contribution is 7.13. The van der Waals surface area contributed by atoms with Crippen LogP contribution in [-0.2, 0) is 13.1 Å². The van der Waals surface area contributed by atoms with Gasteiger partial charge in [-0.3, -0.25) is 4.90 Å². The van der Waals surface area contributed by atoms with Gasteiger partial charge in [0.1, 0.15) is 0 Å². The van der Waals surface area contributed by atoms with E-state index in [4.69, 9.17) is 4.42 Å². The van der Waals surface area contributed by atoms with E-state index in [1.807, 2.05) is 17.5 Å². The number of hydrogen-bond donors (Lipinski definition) is 2. The summed E-state index contributed by atoms with van der Waals surface area (Å²) in [5, 5.41) is 14.8. The summed E-state index contributed by atoms with van der Waals surface area (Å²) in [7, 11) is 0. The van der Waals surface area contributed by atoms with Crippen molar-refractivity contribution in [3.05, 3.63) is 59.4 Å². The molecule has 3 heterocycles. The van der Waals surface area contributed by atoms with E-state index in [0.29, 0.717) is 25.0 Å². The third-order valence-electron chi connectivity index (χ3n) is 5.12. The molecule has 0 bridgehead atoms. The van der Waals surface area contributed by atoms with Gasteiger partial charge in [-0.05, 0) is 54.9 Å². The molecule has 1 aliphatic heterocycles. The maximum absolute atomic E-state index is 9.31. The fourth-order valence-corrected chi connectivity index (χ4v) is 4.17. The molecule has 0 spiro atoms. The van der Waals surface area contributed by atoms with Crippen LogP contribution in [0, 0.1) is 5.92 Å². The zero-order chi connectivity index (χ0) is 18.5. The van der Waals surface area contributed by atoms with Crippen LogP contribution in [0.1, 0.15) is 24.3 Å². The lowest BCUT2D eigenvalue weighted by Gasteiger charge is -2.31. The molecule has 1 saturated heterocycles. The number of anilines is 1. The standard InChI is InChI=1S/C21H25N3O2S/c25-15-16-7-9-24(10-8-16)14-17-4-1-2-5-18(17)22-13-21-23-12-19(26-21)20-6-3-11-27-20/h1-6,11-12,16,22,25H,7-10,13-15H2. The van der Waals surface area contributed by atoms with Crippen LogP contribution >= 0.6 is 11.3 Å². The number of rotatable bonds is 7. The van der Waals surface area contributed by atoms with Crippen molar-refractivity contribution in [3.63, 3.8) is 0 Å². The van der Waals surface area contributed by atoms with E-state index in [0.717, 1.165) is 48.8 Å². The van der Waals surface area contributed by atoms with Crippen molar-refractivity contribution >= 4 is 17.0 Å². The van der Waals surface area contributed by atoms with Crippen molar-refractivity contribution in [2.75, 3.05) is 25.0 Å². The SMILES string of the molecule is OCC1CCN(Cc2ccccc2NCc2ncc(-c3cccs3)o2)CC1. The van der Waals surface area contributed by atoms with E-state index in [1.165, 1.54) is 5.56 Å². The molecule has 0 aliphatic carbocycles. The van der Waals surface area contributed by atoms with Gasteiger partial charge in [-0.2, -0.15) is 0 Å². The van der Waals surface area contributed by atoms with E-state index in [-0.39, 0.29) is 0 Å². The topological polar surface area (TPSA) is 61.5 Å². The summed E-state index contributed by atoms with van der Waals surface area (Å²) in [6.45, 7) is 3.89. The number of nitrogens with zero attached hydrogens (tertiary/aromatic N) is 2. The number of oxazole rings is 1. The number of piperidine rings is 1. The third-order valence-corrected chi connectivity index (χ3v) is 6.01. The van der Waals surface area contributed by atoms with Crippen LogP contribution in [0.4, 0.5) is 5.69 Å². The molecule has 0 atom stereocenters. The number of aliphatic hydroxyl groups is 1. The summed E-state index contributed by atoms with van der Waals surface area (Å²) in [6, 6.07) is 12.5. The molecule has 0 radical (unpaired) electrons. The Morgan fingerprint density at radius 2 is 2.04 bits per heavy atom. The van der Waals surface area contributed by atoms with Crippen LogP contribution in [0.2, 0.25) is 0 Å². The first-order chi connectivity index (χ1) is 13.3. The zero-order valence-corrected chi connectivity index (χ0v) is 16.1. The van der Waals surface area contributed by atoms with E-state index in [1.54, 1.807) is 17.5 Å². The van der Waals surface area contributed by atoms with Gasteiger partial charge in [0.15, 0.2) is 5.76 Å². The number of benzene rings is 1. The number of likely N-dealkylation sites (tertiary alicyclic amines) is 1. The number of para-hydroxylation sites is 1. The van der Waals surface area contributed by atoms with Gasteiger partial charge in [-0.1, -0.05) is 24.3 Å². The minimum absolute atomic E-state index is 0.315. The van der Waals surface area contributed by atoms with Gasteiger partial charge in [-0.15, -0.1) is 11.3 Å². The Hall–Kier alpha value is -2.15. The molecule has 3 aromatic rings. The van der Waals surface area contributed by atoms with E-state index < -0.39 is 0 Å². The molecule has 0 saturated carbocycles. The largest absolute Gasteiger partial charge is 0.438 e. The highest BCUT2D eigenvalue weighted by Crippen LogP contribution is 2.26. The maximum atomic E-state index is 9.31. The molecule has 27 heavy (non-hydrogen) atoms. The maximum Gasteiger partial charge on any atom is 0.214 e. The van der Waals surface area contributed by atoms with Gasteiger partial charge in [-0.25, -0.2) is 4.98 Å². The molecular weight excluding hydrogens is 358 g/mol. The van der Waals surface area contributed by atoms with Crippen LogP contribution in [0.15, 0.2) is 52.4 Å². The Morgan fingerprint density at radius 3 is 2.81 bits per heavy atom. The summed E-state index contributed by atoms with van der Waals surface area (Å²) in [5.41, 5.74) is 2.41. The Kier molecular flexibility index (Phi) is 5.87. The predicted octanol–water partition coefficient (Wildman–Crippen LogP) is 4.22. The van der Waals surface area contributed by atoms with Crippen LogP contribution < -0.4 is 5.32 Å². The highest BCUT2D eigenvalue weighted by atomic mass is 32.1. The van der Waals surface area contributed by atoms with Gasteiger partial charge in [0, 0.05) is 18.8 Å². The second-order valence-electron chi connectivity index (χ2n) is 7.01. The van der Waals surface area contributed by atoms with Gasteiger partial charge in [0.05, 0.1) is 17.6 Å². The number of aliphatic hydroxyl groups excluding tert-OH is 1. The number of hydrogen-bond acceptors (Lipinski definition) is 6. The molecule has 0 unspecified atom stereocenters. The highest BCUT2D eigenvalue weighted by Gasteiger charge is 2.19. The van der Waals surface area contributed by atoms with Gasteiger partial charge >= 0.3 is 0 Å². The Labute approximate surface area is 163 Å². The van der Waals surface area contributed by atoms with Crippen molar-refractivity contribution in [3.8, 4) is 10.6 Å². The third kappa shape index (κ3) is 4.58. The summed E-state index contributed by atoms with van der Waals surface area (Å²) < 4.78 is 5.87. The van der Waals surface area contributed by atoms with Crippen LogP contribution in [-0.4, -0.2) is 34.7 Å². The van der Waals surface area contributed by atoms with Crippen molar-refractivity contribution < 1.29 is 9.52 Å². The summed E-state index contributed by atoms with van der Waals surface area (Å²) in [6.07, 6.45) is 3.95. The average Bonchev–Trinajstić information content (AvgIpc) is 3.40. The summed E-state index contributed by atoms with van der Waals surface area (Å²) in [5.74, 6) is 1.98. The van der Waals surface area contributed by atoms with E-state index in [2.05, 4.69) is 39.5 Å². The Bertz CT molecular complexity index is 839. The molecule has 4 rings (SSSR count). The van der Waals surface area contributed by atoms with Crippen LogP contribution in [0.5, 0.6) is 0 Å². The lowest BCUT2D eigenvalue weighted by molar-refractivity contribution is 0.127. The lowest BCUT2D eigenvalue weighted by atomic mass is 9.97. The average molecular weight is 384 g/mol. The smallest absolute Gasteiger partial charge is 0.214 e. The Balaban J connectivity index is 1.37. The molecule has 5 nitrogen and oxygen atoms in total. The first kappa shape index (κ1) is 18.2. The fraction of sp³-hybridized carbons (Fsp3) is 0.381. The van der Waals surface area contributed by atoms with E-state index >= 15 is 0 Å². The lowest BCUT2D eigenvalue weighted by Crippen LogP contribution is -2.34. The van der Waals surface area contributed by atoms with E-state index in [9.17, 15) is 5.11 Å². The predicted molar refractivity (Wildman–Crippen MR) is 109 cm³/mol. The van der Waals surface area contributed by atoms with Gasteiger partial charge in [0.25, 0.3) is 0 Å². The second kappa shape index (κ2) is 8.69. The molecule has 1 aromatic carbocycles. The zero-order valence-electron chi connectivity index (χ0n) is 15.3. The van der Waals surface area contributed by atoms with Crippen molar-refractivity contribution in [1.29, 1.82) is 0 Å². The normalized spacial score (nSPS) is 15.9. The van der Waals surface area contributed by atoms with Crippen molar-refractivity contribution in [1.82, 2.24) is 9.88 Å². The minimum atomic E-state index is 0.315. The molecular formula is C21H25N3O2S. The summed E-state index contributed by atoms with van der Waals surface area (Å²) >= 11 is 1.65. The molecule has 1 aliphatic rings. The summed E-state index contributed by atoms with van der Waals surface area (Å²) in [4.78, 5) is 7.96. The molecule has 142 valence electrons. The Morgan fingerprint density at radius 1 is 1.19 bits per heavy atom. The fourth-order valence-electron chi connectivity index (χ4n) is 3.49. The van der Waals surface area contributed by atoms with Crippen molar-refractivity contribution in [2.24, 2.45) is 5.92 Å². The second-order valence-corrected chi connectivity index (χ2v) is 7.96. The number of nitrogens with one attached hydrogen (secondary N) is 1. The van der Waals surface area contributed by atoms with Gasteiger partial charge < -0.3 is 14.8 Å². The quantitative estimate of drug-likeness (QED) is 0.640. The molecule has 6 heteroatoms. The van der Waals surface area contributed by atoms with Gasteiger partial charge in [0.2, 0.25) is 5.89 Å². The van der Waals surface area contributed by atoms with Crippen LogP contribution in [0.3, 0.4) is 0 Å². The minimum Gasteiger partial charge on any atom is -0.438 e. The van der Waals surface area contributed by atoms with Crippen LogP contribution in [0.25, 0.3) is 10.6 Å². The first-order valence-corrected chi connectivity index (χ1v) is 10.3. The molecule has 2 aromatic heterocycles. The molecule has 2 N–H and O–H groups in total. The first-order valence-electron chi connectivity index (χ1n) is 9.45.